The molecule has 0 unspecified atom stereocenters. The van der Waals surface area contributed by atoms with Crippen LogP contribution in [0.5, 0.6) is 5.75 Å². The Hall–Kier alpha value is -4.40. The number of carbonyl (C=O) groups is 2. The number of rotatable bonds is 7. The molecule has 3 aromatic rings. The number of nitrogens with one attached hydrogen (secondary N) is 1. The number of amides is 2. The molecule has 0 aromatic heterocycles. The maximum atomic E-state index is 14.3. The van der Waals surface area contributed by atoms with Crippen LogP contribution in [0.1, 0.15) is 43.5 Å². The molecule has 1 heterocycles. The van der Waals surface area contributed by atoms with Crippen molar-refractivity contribution in [2.45, 2.75) is 50.9 Å². The van der Waals surface area contributed by atoms with Crippen molar-refractivity contribution in [3.05, 3.63) is 106 Å². The molecule has 0 bridgehead atoms. The van der Waals surface area contributed by atoms with Crippen LogP contribution in [-0.4, -0.2) is 35.2 Å². The number of hydrogen-bond donors (Lipinski definition) is 1. The van der Waals surface area contributed by atoms with Gasteiger partial charge in [-0.1, -0.05) is 60.7 Å². The summed E-state index contributed by atoms with van der Waals surface area (Å²) >= 11 is 0. The van der Waals surface area contributed by atoms with Crippen LogP contribution in [0.15, 0.2) is 78.9 Å². The molecular weight excluding hydrogens is 486 g/mol. The van der Waals surface area contributed by atoms with Gasteiger partial charge in [-0.3, -0.25) is 14.9 Å². The van der Waals surface area contributed by atoms with Crippen molar-refractivity contribution in [3.63, 3.8) is 0 Å². The van der Waals surface area contributed by atoms with Crippen LogP contribution in [0.25, 0.3) is 0 Å². The van der Waals surface area contributed by atoms with E-state index in [1.54, 1.807) is 69.3 Å². The first-order chi connectivity index (χ1) is 18.0. The van der Waals surface area contributed by atoms with Gasteiger partial charge < -0.3 is 19.7 Å². The molecule has 1 aliphatic heterocycles. The van der Waals surface area contributed by atoms with Crippen LogP contribution in [-0.2, 0) is 22.5 Å². The highest BCUT2D eigenvalue weighted by atomic mass is 16.6. The van der Waals surface area contributed by atoms with Gasteiger partial charge in [-0.05, 0) is 55.7 Å². The Kier molecular flexibility index (Phi) is 7.39. The highest BCUT2D eigenvalue weighted by Crippen LogP contribution is 2.42. The summed E-state index contributed by atoms with van der Waals surface area (Å²) < 4.78 is 10.7. The van der Waals surface area contributed by atoms with E-state index in [9.17, 15) is 19.7 Å². The highest BCUT2D eigenvalue weighted by Gasteiger charge is 2.63. The lowest BCUT2D eigenvalue weighted by atomic mass is 9.76. The predicted octanol–water partition coefficient (Wildman–Crippen LogP) is 5.07. The van der Waals surface area contributed by atoms with Crippen molar-refractivity contribution in [1.82, 2.24) is 5.32 Å². The fraction of sp³-hybridized carbons (Fsp3) is 0.310. The van der Waals surface area contributed by atoms with Gasteiger partial charge >= 0.3 is 17.5 Å². The summed E-state index contributed by atoms with van der Waals surface area (Å²) in [6.45, 7) is 5.22. The number of methoxy groups -OCH3 is 1. The Balaban J connectivity index is 1.87. The zero-order valence-corrected chi connectivity index (χ0v) is 21.8. The quantitative estimate of drug-likeness (QED) is 0.346. The van der Waals surface area contributed by atoms with Gasteiger partial charge in [-0.25, -0.2) is 4.79 Å². The molecule has 9 heteroatoms. The van der Waals surface area contributed by atoms with E-state index >= 15 is 0 Å². The molecule has 1 aliphatic rings. The van der Waals surface area contributed by atoms with E-state index < -0.39 is 34.1 Å². The lowest BCUT2D eigenvalue weighted by Gasteiger charge is -2.41. The zero-order chi connectivity index (χ0) is 27.5. The molecule has 2 atom stereocenters. The maximum absolute atomic E-state index is 14.3. The topological polar surface area (TPSA) is 111 Å². The SMILES string of the molecule is COc1ccc([C@H](NC(=O)OC(C)(C)C)[C@@]2([N+](=O)[O-])Cc3ccccc3N(Cc3ccccc3)C2=O)cc1. The van der Waals surface area contributed by atoms with Gasteiger partial charge in [-0.15, -0.1) is 0 Å². The number of hydrogen-bond acceptors (Lipinski definition) is 6. The Morgan fingerprint density at radius 2 is 1.68 bits per heavy atom. The number of fused-ring (bicyclic) bond motifs is 1. The van der Waals surface area contributed by atoms with E-state index in [-0.39, 0.29) is 13.0 Å². The second kappa shape index (κ2) is 10.5. The molecule has 0 spiro atoms. The summed E-state index contributed by atoms with van der Waals surface area (Å²) in [5.41, 5.74) is -0.668. The third-order valence-electron chi connectivity index (χ3n) is 6.45. The molecule has 0 fully saturated rings. The number of anilines is 1. The highest BCUT2D eigenvalue weighted by molar-refractivity contribution is 6.03. The van der Waals surface area contributed by atoms with E-state index in [1.807, 2.05) is 30.3 Å². The third-order valence-corrected chi connectivity index (χ3v) is 6.45. The predicted molar refractivity (Wildman–Crippen MR) is 143 cm³/mol. The molecule has 2 amide bonds. The number of alkyl carbamates (subject to hydrolysis) is 1. The molecular formula is C29H31N3O6. The largest absolute Gasteiger partial charge is 0.497 e. The Morgan fingerprint density at radius 1 is 1.05 bits per heavy atom. The van der Waals surface area contributed by atoms with E-state index in [4.69, 9.17) is 9.47 Å². The Morgan fingerprint density at radius 3 is 2.29 bits per heavy atom. The number of nitro groups is 1. The van der Waals surface area contributed by atoms with Crippen LogP contribution < -0.4 is 15.0 Å². The number of carbonyl (C=O) groups excluding carboxylic acids is 2. The lowest BCUT2D eigenvalue weighted by molar-refractivity contribution is -0.558. The fourth-order valence-corrected chi connectivity index (χ4v) is 4.73. The molecule has 4 rings (SSSR count). The summed E-state index contributed by atoms with van der Waals surface area (Å²) in [4.78, 5) is 41.2. The van der Waals surface area contributed by atoms with E-state index in [2.05, 4.69) is 5.32 Å². The van der Waals surface area contributed by atoms with Gasteiger partial charge in [-0.2, -0.15) is 0 Å². The first-order valence-electron chi connectivity index (χ1n) is 12.3. The fourth-order valence-electron chi connectivity index (χ4n) is 4.73. The Labute approximate surface area is 221 Å². The van der Waals surface area contributed by atoms with Crippen molar-refractivity contribution in [1.29, 1.82) is 0 Å². The van der Waals surface area contributed by atoms with Gasteiger partial charge in [0.05, 0.1) is 20.1 Å². The number of nitrogens with zero attached hydrogens (tertiary/aromatic N) is 2. The minimum Gasteiger partial charge on any atom is -0.497 e. The van der Waals surface area contributed by atoms with Gasteiger partial charge in [0.15, 0.2) is 0 Å². The van der Waals surface area contributed by atoms with Crippen molar-refractivity contribution in [2.24, 2.45) is 0 Å². The summed E-state index contributed by atoms with van der Waals surface area (Å²) in [5.74, 6) is -0.187. The molecule has 38 heavy (non-hydrogen) atoms. The number of ether oxygens (including phenoxy) is 2. The zero-order valence-electron chi connectivity index (χ0n) is 21.8. The number of benzene rings is 3. The summed E-state index contributed by atoms with van der Waals surface area (Å²) in [5, 5.41) is 15.7. The minimum atomic E-state index is -2.24. The molecule has 0 aliphatic carbocycles. The van der Waals surface area contributed by atoms with Crippen LogP contribution in [0.2, 0.25) is 0 Å². The first-order valence-corrected chi connectivity index (χ1v) is 12.3. The standard InChI is InChI=1S/C29H31N3O6/c1-28(2,3)38-27(34)30-25(21-14-16-23(37-4)17-15-21)29(32(35)36)18-22-12-8-9-13-24(22)31(26(29)33)19-20-10-6-5-7-11-20/h5-17,25H,18-19H2,1-4H3,(H,30,34)/t25-,29-/m0/s1. The normalized spacial score (nSPS) is 17.8. The van der Waals surface area contributed by atoms with E-state index in [0.29, 0.717) is 22.6 Å². The van der Waals surface area contributed by atoms with Crippen molar-refractivity contribution in [2.75, 3.05) is 12.0 Å². The van der Waals surface area contributed by atoms with Crippen molar-refractivity contribution < 1.29 is 24.0 Å². The maximum Gasteiger partial charge on any atom is 0.408 e. The third kappa shape index (κ3) is 5.32. The molecule has 3 aromatic carbocycles. The lowest BCUT2D eigenvalue weighted by Crippen LogP contribution is -2.64. The average molecular weight is 518 g/mol. The van der Waals surface area contributed by atoms with E-state index in [0.717, 1.165) is 5.56 Å². The van der Waals surface area contributed by atoms with Crippen LogP contribution in [0.4, 0.5) is 10.5 Å². The van der Waals surface area contributed by atoms with Crippen LogP contribution >= 0.6 is 0 Å². The van der Waals surface area contributed by atoms with Gasteiger partial charge in [0.1, 0.15) is 17.4 Å². The van der Waals surface area contributed by atoms with E-state index in [1.165, 1.54) is 12.0 Å². The molecule has 0 radical (unpaired) electrons. The monoisotopic (exact) mass is 517 g/mol. The molecule has 0 saturated heterocycles. The molecule has 1 N–H and O–H groups in total. The minimum absolute atomic E-state index is 0.133. The van der Waals surface area contributed by atoms with Crippen LogP contribution in [0.3, 0.4) is 0 Å². The van der Waals surface area contributed by atoms with Gasteiger partial charge in [0.2, 0.25) is 0 Å². The molecule has 0 saturated carbocycles. The summed E-state index contributed by atoms with van der Waals surface area (Å²) in [7, 11) is 1.51. The smallest absolute Gasteiger partial charge is 0.408 e. The molecule has 9 nitrogen and oxygen atoms in total. The van der Waals surface area contributed by atoms with Crippen molar-refractivity contribution in [3.8, 4) is 5.75 Å². The summed E-state index contributed by atoms with van der Waals surface area (Å²) in [6, 6.07) is 21.6. The van der Waals surface area contributed by atoms with Crippen molar-refractivity contribution >= 4 is 17.7 Å². The van der Waals surface area contributed by atoms with Crippen LogP contribution in [0, 0.1) is 10.1 Å². The van der Waals surface area contributed by atoms with Gasteiger partial charge in [0, 0.05) is 10.6 Å². The second-order valence-corrected chi connectivity index (χ2v) is 10.2. The number of para-hydroxylation sites is 1. The van der Waals surface area contributed by atoms with Gasteiger partial charge in [0.25, 0.3) is 0 Å². The Bertz CT molecular complexity index is 1320. The summed E-state index contributed by atoms with van der Waals surface area (Å²) in [6.07, 6.45) is -1.08. The average Bonchev–Trinajstić information content (AvgIpc) is 2.88. The molecule has 198 valence electrons. The first kappa shape index (κ1) is 26.7. The second-order valence-electron chi connectivity index (χ2n) is 10.2.